The van der Waals surface area contributed by atoms with Crippen LogP contribution in [0, 0.1) is 0 Å². The highest BCUT2D eigenvalue weighted by Crippen LogP contribution is 2.31. The third kappa shape index (κ3) is 4.67. The first kappa shape index (κ1) is 13.7. The number of hydrogen-bond donors (Lipinski definition) is 1. The second kappa shape index (κ2) is 4.51. The Bertz CT molecular complexity index is 259. The van der Waals surface area contributed by atoms with E-state index in [9.17, 15) is 8.42 Å². The average Bonchev–Trinajstić information content (AvgIpc) is 1.83. The van der Waals surface area contributed by atoms with Gasteiger partial charge in [0.2, 0.25) is 13.8 Å². The second-order valence-electron chi connectivity index (χ2n) is 2.62. The van der Waals surface area contributed by atoms with Gasteiger partial charge in [-0.2, -0.15) is 0 Å². The van der Waals surface area contributed by atoms with Gasteiger partial charge in [-0.1, -0.05) is 34.8 Å². The van der Waals surface area contributed by atoms with Crippen molar-refractivity contribution < 1.29 is 13.5 Å². The van der Waals surface area contributed by atoms with Crippen LogP contribution in [0.1, 0.15) is 0 Å². The Morgan fingerprint density at radius 3 is 2.00 bits per heavy atom. The minimum Gasteiger partial charge on any atom is -0.388 e. The topological polar surface area (TPSA) is 57.6 Å². The normalized spacial score (nSPS) is 16.2. The van der Waals surface area contributed by atoms with Gasteiger partial charge in [0.25, 0.3) is 0 Å². The van der Waals surface area contributed by atoms with E-state index in [1.54, 1.807) is 0 Å². The summed E-state index contributed by atoms with van der Waals surface area (Å²) in [6.07, 6.45) is -1.54. The Balaban J connectivity index is 4.48. The Kier molecular flexibility index (Phi) is 4.76. The molecule has 1 N–H and O–H groups in total. The molecule has 4 nitrogen and oxygen atoms in total. The predicted molar refractivity (Wildman–Crippen MR) is 53.8 cm³/mol. The fourth-order valence-corrected chi connectivity index (χ4v) is 1.90. The van der Waals surface area contributed by atoms with Crippen molar-refractivity contribution in [2.75, 3.05) is 19.8 Å². The van der Waals surface area contributed by atoms with Crippen molar-refractivity contribution in [2.24, 2.45) is 0 Å². The highest BCUT2D eigenvalue weighted by Gasteiger charge is 2.35. The van der Waals surface area contributed by atoms with Crippen molar-refractivity contribution in [1.29, 1.82) is 0 Å². The summed E-state index contributed by atoms with van der Waals surface area (Å²) in [4.78, 5) is 0. The molecule has 0 spiro atoms. The van der Waals surface area contributed by atoms with E-state index in [0.29, 0.717) is 0 Å². The van der Waals surface area contributed by atoms with Gasteiger partial charge in [0, 0.05) is 14.1 Å². The van der Waals surface area contributed by atoms with E-state index in [1.165, 1.54) is 14.1 Å². The number of nitrogens with zero attached hydrogens (tertiary/aromatic N) is 1. The molecule has 0 amide bonds. The highest BCUT2D eigenvalue weighted by molar-refractivity contribution is 7.89. The monoisotopic (exact) mass is 269 g/mol. The summed E-state index contributed by atoms with van der Waals surface area (Å²) in [7, 11) is -0.883. The first-order valence-corrected chi connectivity index (χ1v) is 5.96. The van der Waals surface area contributed by atoms with Crippen LogP contribution in [0.4, 0.5) is 0 Å². The van der Waals surface area contributed by atoms with Gasteiger partial charge in [-0.3, -0.25) is 0 Å². The van der Waals surface area contributed by atoms with Crippen LogP contribution in [-0.2, 0) is 10.0 Å². The zero-order valence-corrected chi connectivity index (χ0v) is 10.1. The van der Waals surface area contributed by atoms with E-state index in [2.05, 4.69) is 0 Å². The van der Waals surface area contributed by atoms with Gasteiger partial charge in [0.05, 0.1) is 5.75 Å². The molecular weight excluding hydrogens is 260 g/mol. The van der Waals surface area contributed by atoms with Gasteiger partial charge in [-0.15, -0.1) is 0 Å². The molecule has 0 aliphatic rings. The van der Waals surface area contributed by atoms with Crippen LogP contribution in [0.5, 0.6) is 0 Å². The van der Waals surface area contributed by atoms with Gasteiger partial charge in [-0.05, 0) is 0 Å². The largest absolute Gasteiger partial charge is 0.388 e. The van der Waals surface area contributed by atoms with Crippen LogP contribution in [0.15, 0.2) is 0 Å². The third-order valence-electron chi connectivity index (χ3n) is 1.30. The number of sulfonamides is 1. The molecule has 0 unspecified atom stereocenters. The molecule has 8 heteroatoms. The van der Waals surface area contributed by atoms with Crippen LogP contribution in [0.3, 0.4) is 0 Å². The van der Waals surface area contributed by atoms with Crippen molar-refractivity contribution in [3.05, 3.63) is 0 Å². The summed E-state index contributed by atoms with van der Waals surface area (Å²) < 4.78 is 21.3. The molecule has 0 aromatic rings. The Hall–Kier alpha value is 0.740. The van der Waals surface area contributed by atoms with E-state index in [0.717, 1.165) is 4.31 Å². The maximum Gasteiger partial charge on any atom is 0.217 e. The lowest BCUT2D eigenvalue weighted by Crippen LogP contribution is -2.37. The summed E-state index contributed by atoms with van der Waals surface area (Å²) in [6.45, 7) is 0. The summed E-state index contributed by atoms with van der Waals surface area (Å²) >= 11 is 15.9. The average molecular weight is 271 g/mol. The maximum atomic E-state index is 11.2. The Morgan fingerprint density at radius 1 is 1.38 bits per heavy atom. The van der Waals surface area contributed by atoms with Crippen LogP contribution >= 0.6 is 34.8 Å². The summed E-state index contributed by atoms with van der Waals surface area (Å²) in [5.41, 5.74) is 0. The van der Waals surface area contributed by atoms with Crippen molar-refractivity contribution in [2.45, 2.75) is 9.90 Å². The predicted octanol–water partition coefficient (Wildman–Crippen LogP) is 0.609. The molecule has 13 heavy (non-hydrogen) atoms. The van der Waals surface area contributed by atoms with Crippen LogP contribution in [-0.4, -0.2) is 47.6 Å². The standard InChI is InChI=1S/C5H10Cl3NO3S/c1-9(2)13(11,12)3-4(10)5(6,7)8/h4,10H,3H2,1-2H3/t4-/m1/s1. The second-order valence-corrected chi connectivity index (χ2v) is 7.21. The molecule has 0 rings (SSSR count). The van der Waals surface area contributed by atoms with Gasteiger partial charge in [0.15, 0.2) is 0 Å². The van der Waals surface area contributed by atoms with E-state index in [-0.39, 0.29) is 0 Å². The molecule has 0 fully saturated rings. The smallest absolute Gasteiger partial charge is 0.217 e. The van der Waals surface area contributed by atoms with Crippen molar-refractivity contribution in [1.82, 2.24) is 4.31 Å². The van der Waals surface area contributed by atoms with Crippen molar-refractivity contribution >= 4 is 44.8 Å². The number of aliphatic hydroxyl groups is 1. The number of halogens is 3. The summed E-state index contributed by atoms with van der Waals surface area (Å²) in [5.74, 6) is -0.615. The van der Waals surface area contributed by atoms with Crippen molar-refractivity contribution in [3.8, 4) is 0 Å². The van der Waals surface area contributed by atoms with Gasteiger partial charge >= 0.3 is 0 Å². The van der Waals surface area contributed by atoms with Gasteiger partial charge < -0.3 is 5.11 Å². The molecule has 0 aromatic heterocycles. The van der Waals surface area contributed by atoms with Gasteiger partial charge in [-0.25, -0.2) is 12.7 Å². The number of aliphatic hydroxyl groups excluding tert-OH is 1. The fourth-order valence-electron chi connectivity index (χ4n) is 0.443. The van der Waals surface area contributed by atoms with E-state index >= 15 is 0 Å². The van der Waals surface area contributed by atoms with Crippen molar-refractivity contribution in [3.63, 3.8) is 0 Å². The Morgan fingerprint density at radius 2 is 1.77 bits per heavy atom. The maximum absolute atomic E-state index is 11.2. The quantitative estimate of drug-likeness (QED) is 0.765. The minimum atomic E-state index is -3.55. The number of alkyl halides is 3. The minimum absolute atomic E-state index is 0.615. The lowest BCUT2D eigenvalue weighted by molar-refractivity contribution is 0.200. The molecule has 0 aliphatic carbocycles. The van der Waals surface area contributed by atoms with E-state index < -0.39 is 25.7 Å². The molecule has 0 bridgehead atoms. The molecule has 0 aliphatic heterocycles. The summed E-state index contributed by atoms with van der Waals surface area (Å²) in [5, 5.41) is 9.17. The highest BCUT2D eigenvalue weighted by atomic mass is 35.6. The zero-order valence-electron chi connectivity index (χ0n) is 7.04. The lowest BCUT2D eigenvalue weighted by atomic mass is 10.5. The molecule has 0 radical (unpaired) electrons. The third-order valence-corrected chi connectivity index (χ3v) is 3.91. The molecule has 0 saturated heterocycles. The van der Waals surface area contributed by atoms with Crippen LogP contribution in [0.2, 0.25) is 0 Å². The number of hydrogen-bond acceptors (Lipinski definition) is 3. The number of rotatable bonds is 3. The molecule has 0 aromatic carbocycles. The molecule has 80 valence electrons. The van der Waals surface area contributed by atoms with Crippen LogP contribution < -0.4 is 0 Å². The first-order valence-electron chi connectivity index (χ1n) is 3.22. The molecular formula is C5H10Cl3NO3S. The molecule has 1 atom stereocenters. The SMILES string of the molecule is CN(C)S(=O)(=O)C[C@@H](O)C(Cl)(Cl)Cl. The molecule has 0 saturated carbocycles. The van der Waals surface area contributed by atoms with Crippen LogP contribution in [0.25, 0.3) is 0 Å². The lowest BCUT2D eigenvalue weighted by Gasteiger charge is -2.20. The summed E-state index contributed by atoms with van der Waals surface area (Å²) in [6, 6.07) is 0. The van der Waals surface area contributed by atoms with E-state index in [4.69, 9.17) is 39.9 Å². The zero-order chi connectivity index (χ0) is 10.9. The Labute approximate surface area is 92.4 Å². The van der Waals surface area contributed by atoms with Gasteiger partial charge in [0.1, 0.15) is 6.10 Å². The molecule has 0 heterocycles. The first-order chi connectivity index (χ1) is 5.57. The van der Waals surface area contributed by atoms with E-state index in [1.807, 2.05) is 0 Å². The fraction of sp³-hybridized carbons (Fsp3) is 1.00.